The number of carbonyl (C=O) groups is 6. The van der Waals surface area contributed by atoms with Gasteiger partial charge in [-0.15, -0.1) is 0 Å². The van der Waals surface area contributed by atoms with Gasteiger partial charge in [-0.1, -0.05) is 30.3 Å². The van der Waals surface area contributed by atoms with Gasteiger partial charge in [0.25, 0.3) is 23.6 Å². The molecule has 4 aromatic carbocycles. The molecule has 6 rings (SSSR count). The Morgan fingerprint density at radius 2 is 1.03 bits per heavy atom. The van der Waals surface area contributed by atoms with Crippen molar-refractivity contribution in [3.63, 3.8) is 0 Å². The van der Waals surface area contributed by atoms with E-state index in [0.717, 1.165) is 19.2 Å². The van der Waals surface area contributed by atoms with Crippen LogP contribution in [-0.2, 0) is 14.9 Å². The lowest BCUT2D eigenvalue weighted by atomic mass is 9.71. The van der Waals surface area contributed by atoms with Gasteiger partial charge >= 0.3 is 24.3 Å². The number of benzene rings is 4. The lowest BCUT2D eigenvalue weighted by Gasteiger charge is -2.38. The number of carbonyl (C=O) groups excluding carboxylic acids is 6. The average molecular weight is 859 g/mol. The molecule has 0 bridgehead atoms. The maximum Gasteiger partial charge on any atom is 0.411 e. The maximum atomic E-state index is 15.2. The van der Waals surface area contributed by atoms with E-state index < -0.39 is 137 Å². The smallest absolute Gasteiger partial charge is 0.411 e. The Kier molecular flexibility index (Phi) is 11.7. The Bertz CT molecular complexity index is 2490. The SMILES string of the molecule is Cc1ccc(-c2ccc(N3C(=O)c4ccc(C(c5ccc6c(c5)C(=O)N(C)C6=O)(C(F)(F)F)C(F)(F)F)cc4C3=O)c(C(=O)OCC(O)CO)c2)cc1C(=O)OCC(O)CO. The first-order chi connectivity index (χ1) is 28.6. The summed E-state index contributed by atoms with van der Waals surface area (Å²) in [6.45, 7) is -1.35. The van der Waals surface area contributed by atoms with Crippen molar-refractivity contribution in [3.05, 3.63) is 123 Å². The number of hydrogen-bond donors (Lipinski definition) is 4. The average Bonchev–Trinajstić information content (AvgIpc) is 3.59. The third kappa shape index (κ3) is 7.51. The van der Waals surface area contributed by atoms with Crippen molar-refractivity contribution in [2.75, 3.05) is 38.4 Å². The van der Waals surface area contributed by atoms with Crippen LogP contribution in [0.4, 0.5) is 32.0 Å². The zero-order valence-corrected chi connectivity index (χ0v) is 31.6. The summed E-state index contributed by atoms with van der Waals surface area (Å²) in [4.78, 5) is 80.2. The molecule has 4 N–H and O–H groups in total. The van der Waals surface area contributed by atoms with Gasteiger partial charge in [0, 0.05) is 7.05 Å². The fourth-order valence-corrected chi connectivity index (χ4v) is 6.97. The summed E-state index contributed by atoms with van der Waals surface area (Å²) in [5, 5.41) is 37.7. The number of rotatable bonds is 12. The van der Waals surface area contributed by atoms with Crippen LogP contribution in [0.3, 0.4) is 0 Å². The monoisotopic (exact) mass is 858 g/mol. The highest BCUT2D eigenvalue weighted by molar-refractivity contribution is 6.35. The molecule has 0 aromatic heterocycles. The van der Waals surface area contributed by atoms with Gasteiger partial charge < -0.3 is 29.9 Å². The molecule has 4 amide bonds. The lowest BCUT2D eigenvalue weighted by Crippen LogP contribution is -2.55. The van der Waals surface area contributed by atoms with Crippen LogP contribution in [0.1, 0.15) is 78.8 Å². The Labute approximate surface area is 340 Å². The molecule has 0 saturated carbocycles. The quantitative estimate of drug-likeness (QED) is 0.0902. The van der Waals surface area contributed by atoms with Crippen molar-refractivity contribution in [1.82, 2.24) is 4.90 Å². The molecule has 14 nitrogen and oxygen atoms in total. The van der Waals surface area contributed by atoms with Crippen LogP contribution in [0, 0.1) is 6.92 Å². The maximum absolute atomic E-state index is 15.2. The second-order valence-corrected chi connectivity index (χ2v) is 14.0. The number of esters is 2. The van der Waals surface area contributed by atoms with Gasteiger partial charge in [0.2, 0.25) is 5.41 Å². The number of alkyl halides is 6. The minimum atomic E-state index is -6.21. The van der Waals surface area contributed by atoms with Crippen LogP contribution < -0.4 is 4.90 Å². The zero-order valence-electron chi connectivity index (χ0n) is 31.6. The van der Waals surface area contributed by atoms with Gasteiger partial charge in [-0.05, 0) is 77.2 Å². The molecule has 2 aliphatic heterocycles. The molecule has 320 valence electrons. The molecule has 0 aliphatic carbocycles. The van der Waals surface area contributed by atoms with Crippen molar-refractivity contribution in [1.29, 1.82) is 0 Å². The summed E-state index contributed by atoms with van der Waals surface area (Å²) in [6.07, 6.45) is -15.4. The van der Waals surface area contributed by atoms with Gasteiger partial charge in [0.15, 0.2) is 0 Å². The minimum Gasteiger partial charge on any atom is -0.459 e. The number of aliphatic hydroxyl groups is 4. The normalized spacial score (nSPS) is 15.2. The van der Waals surface area contributed by atoms with Crippen LogP contribution in [0.15, 0.2) is 72.8 Å². The summed E-state index contributed by atoms with van der Waals surface area (Å²) in [6, 6.07) is 10.2. The first-order valence-electron chi connectivity index (χ1n) is 17.9. The molecule has 2 heterocycles. The van der Waals surface area contributed by atoms with E-state index in [4.69, 9.17) is 14.6 Å². The van der Waals surface area contributed by atoms with E-state index in [1.165, 1.54) is 24.3 Å². The summed E-state index contributed by atoms with van der Waals surface area (Å²) in [5.41, 5.74) is -11.2. The van der Waals surface area contributed by atoms with E-state index in [9.17, 15) is 44.1 Å². The molecule has 0 spiro atoms. The topological polar surface area (TPSA) is 208 Å². The molecule has 0 radical (unpaired) electrons. The number of halogens is 6. The summed E-state index contributed by atoms with van der Waals surface area (Å²) >= 11 is 0. The van der Waals surface area contributed by atoms with Gasteiger partial charge in [-0.2, -0.15) is 26.3 Å². The molecule has 0 saturated heterocycles. The number of imide groups is 2. The highest BCUT2D eigenvalue weighted by Gasteiger charge is 2.73. The van der Waals surface area contributed by atoms with E-state index in [2.05, 4.69) is 0 Å². The Morgan fingerprint density at radius 3 is 1.54 bits per heavy atom. The van der Waals surface area contributed by atoms with Gasteiger partial charge in [0.1, 0.15) is 25.4 Å². The first kappa shape index (κ1) is 44.1. The van der Waals surface area contributed by atoms with Crippen molar-refractivity contribution in [2.45, 2.75) is 36.9 Å². The van der Waals surface area contributed by atoms with Crippen LogP contribution in [0.25, 0.3) is 11.1 Å². The molecule has 2 aliphatic rings. The molecular formula is C41H32F6N2O12. The van der Waals surface area contributed by atoms with E-state index in [1.807, 2.05) is 0 Å². The molecule has 2 atom stereocenters. The van der Waals surface area contributed by atoms with Gasteiger partial charge in [-0.3, -0.25) is 24.1 Å². The second kappa shape index (κ2) is 16.2. The van der Waals surface area contributed by atoms with E-state index in [1.54, 1.807) is 6.92 Å². The minimum absolute atomic E-state index is 0.0147. The summed E-state index contributed by atoms with van der Waals surface area (Å²) < 4.78 is 101. The third-order valence-electron chi connectivity index (χ3n) is 10.2. The lowest BCUT2D eigenvalue weighted by molar-refractivity contribution is -0.288. The molecular weight excluding hydrogens is 826 g/mol. The van der Waals surface area contributed by atoms with E-state index >= 15 is 26.3 Å². The molecule has 20 heteroatoms. The summed E-state index contributed by atoms with van der Waals surface area (Å²) in [5.74, 6) is -7.06. The number of fused-ring (bicyclic) bond motifs is 2. The zero-order chi connectivity index (χ0) is 44.9. The number of anilines is 1. The number of ether oxygens (including phenoxy) is 2. The van der Waals surface area contributed by atoms with E-state index in [-0.39, 0.29) is 22.8 Å². The number of nitrogens with zero attached hydrogens (tertiary/aromatic N) is 2. The number of aliphatic hydroxyl groups excluding tert-OH is 4. The highest BCUT2D eigenvalue weighted by Crippen LogP contribution is 2.57. The van der Waals surface area contributed by atoms with Gasteiger partial charge in [0.05, 0.1) is 52.3 Å². The van der Waals surface area contributed by atoms with Crippen molar-refractivity contribution in [2.24, 2.45) is 0 Å². The standard InChI is InChI=1S/C41H32F6N2O12/c1-19-3-4-20(11-28(19)37(58)60-17-24(52)15-50)21-5-10-32(31(12-21)38(59)61-18-25(53)16-51)49-35(56)27-9-7-23(14-30(27)36(49)57)39(40(42,43)44,41(45,46)47)22-6-8-26-29(13-22)34(55)48(2)33(26)54/h3-14,24-25,50-53H,15-18H2,1-2H3. The second-order valence-electron chi connectivity index (χ2n) is 14.0. The van der Waals surface area contributed by atoms with Crippen LogP contribution in [0.5, 0.6) is 0 Å². The highest BCUT2D eigenvalue weighted by atomic mass is 19.4. The Balaban J connectivity index is 1.46. The first-order valence-corrected chi connectivity index (χ1v) is 17.9. The number of amides is 4. The van der Waals surface area contributed by atoms with Crippen molar-refractivity contribution >= 4 is 41.3 Å². The van der Waals surface area contributed by atoms with E-state index in [0.29, 0.717) is 45.7 Å². The Morgan fingerprint density at radius 1 is 0.607 bits per heavy atom. The molecule has 4 aromatic rings. The van der Waals surface area contributed by atoms with Gasteiger partial charge in [-0.25, -0.2) is 14.5 Å². The Hall–Kier alpha value is -6.48. The predicted octanol–water partition coefficient (Wildman–Crippen LogP) is 4.12. The largest absolute Gasteiger partial charge is 0.459 e. The van der Waals surface area contributed by atoms with Crippen LogP contribution >= 0.6 is 0 Å². The fourth-order valence-electron chi connectivity index (χ4n) is 6.97. The number of hydrogen-bond acceptors (Lipinski definition) is 12. The van der Waals surface area contributed by atoms with Crippen LogP contribution in [-0.4, -0.2) is 119 Å². The fraction of sp³-hybridized carbons (Fsp3) is 0.268. The molecule has 61 heavy (non-hydrogen) atoms. The third-order valence-corrected chi connectivity index (χ3v) is 10.2. The van der Waals surface area contributed by atoms with Crippen molar-refractivity contribution < 1.29 is 85.0 Å². The number of aryl methyl sites for hydroxylation is 1. The van der Waals surface area contributed by atoms with Crippen LogP contribution in [0.2, 0.25) is 0 Å². The molecule has 0 fully saturated rings. The van der Waals surface area contributed by atoms with Crippen molar-refractivity contribution in [3.8, 4) is 11.1 Å². The summed E-state index contributed by atoms with van der Waals surface area (Å²) in [7, 11) is 0.990. The molecule has 2 unspecified atom stereocenters. The predicted molar refractivity (Wildman–Crippen MR) is 197 cm³/mol.